The molecule has 0 unspecified atom stereocenters. The molecule has 4 aromatic carbocycles. The SMILES string of the molecule is COc1ccc(/C=C2/CCC[C@@H]3C2=NN(C(=O)CN2N=N[C@@H]4C(=O)N(c5cccc6ccccc56)C(=O)[C@H]42)[C@H]3c2ccc(OC)cc2)cc1. The second-order valence-corrected chi connectivity index (χ2v) is 12.6. The molecule has 4 atom stereocenters. The molecule has 11 heteroatoms. The smallest absolute Gasteiger partial charge is 0.264 e. The third-order valence-electron chi connectivity index (χ3n) is 9.83. The molecule has 1 aliphatic carbocycles. The van der Waals surface area contributed by atoms with E-state index < -0.39 is 23.9 Å². The van der Waals surface area contributed by atoms with Gasteiger partial charge in [-0.05, 0) is 77.8 Å². The second-order valence-electron chi connectivity index (χ2n) is 12.6. The first-order valence-electron chi connectivity index (χ1n) is 16.4. The van der Waals surface area contributed by atoms with Crippen LogP contribution in [0.3, 0.4) is 0 Å². The number of carbonyl (C=O) groups excluding carboxylic acids is 3. The molecule has 49 heavy (non-hydrogen) atoms. The van der Waals surface area contributed by atoms with Crippen LogP contribution in [0, 0.1) is 5.92 Å². The molecule has 246 valence electrons. The van der Waals surface area contributed by atoms with Crippen molar-refractivity contribution in [3.05, 3.63) is 108 Å². The molecule has 8 rings (SSSR count). The second kappa shape index (κ2) is 12.3. The van der Waals surface area contributed by atoms with Crippen LogP contribution in [0.2, 0.25) is 0 Å². The molecule has 0 bridgehead atoms. The molecule has 0 N–H and O–H groups in total. The lowest BCUT2D eigenvalue weighted by Crippen LogP contribution is -2.45. The average Bonchev–Trinajstić information content (AvgIpc) is 3.81. The number of hydrogen-bond donors (Lipinski definition) is 0. The van der Waals surface area contributed by atoms with Crippen LogP contribution < -0.4 is 14.4 Å². The summed E-state index contributed by atoms with van der Waals surface area (Å²) in [4.78, 5) is 43.0. The molecule has 0 spiro atoms. The first-order chi connectivity index (χ1) is 23.9. The summed E-state index contributed by atoms with van der Waals surface area (Å²) in [5, 5.41) is 17.9. The third kappa shape index (κ3) is 5.22. The van der Waals surface area contributed by atoms with Crippen molar-refractivity contribution in [2.24, 2.45) is 21.4 Å². The van der Waals surface area contributed by atoms with Crippen molar-refractivity contribution in [1.82, 2.24) is 10.0 Å². The van der Waals surface area contributed by atoms with Gasteiger partial charge >= 0.3 is 0 Å². The van der Waals surface area contributed by atoms with Crippen LogP contribution in [0.1, 0.15) is 36.4 Å². The van der Waals surface area contributed by atoms with E-state index >= 15 is 0 Å². The van der Waals surface area contributed by atoms with Gasteiger partial charge in [0.2, 0.25) is 0 Å². The lowest BCUT2D eigenvalue weighted by Gasteiger charge is -2.30. The Bertz CT molecular complexity index is 2050. The van der Waals surface area contributed by atoms with Gasteiger partial charge in [0.15, 0.2) is 12.1 Å². The van der Waals surface area contributed by atoms with E-state index in [-0.39, 0.29) is 24.4 Å². The monoisotopic (exact) mass is 654 g/mol. The fraction of sp³-hybridized carbons (Fsp3) is 0.263. The summed E-state index contributed by atoms with van der Waals surface area (Å²) in [5.74, 6) is 0.217. The van der Waals surface area contributed by atoms with Gasteiger partial charge in [-0.1, -0.05) is 65.9 Å². The maximum atomic E-state index is 14.3. The zero-order valence-corrected chi connectivity index (χ0v) is 27.1. The van der Waals surface area contributed by atoms with Crippen LogP contribution in [0.25, 0.3) is 16.8 Å². The molecule has 4 aromatic rings. The number of carbonyl (C=O) groups is 3. The Kier molecular flexibility index (Phi) is 7.66. The Morgan fingerprint density at radius 1 is 0.857 bits per heavy atom. The summed E-state index contributed by atoms with van der Waals surface area (Å²) in [7, 11) is 3.26. The molecule has 4 aliphatic rings. The molecule has 1 saturated heterocycles. The Hall–Kier alpha value is -5.84. The number of hydrogen-bond acceptors (Lipinski definition) is 9. The van der Waals surface area contributed by atoms with Crippen LogP contribution in [0.5, 0.6) is 11.5 Å². The summed E-state index contributed by atoms with van der Waals surface area (Å²) >= 11 is 0. The Morgan fingerprint density at radius 2 is 1.57 bits per heavy atom. The van der Waals surface area contributed by atoms with Gasteiger partial charge in [0.25, 0.3) is 17.7 Å². The van der Waals surface area contributed by atoms with Crippen molar-refractivity contribution in [2.75, 3.05) is 25.7 Å². The summed E-state index contributed by atoms with van der Waals surface area (Å²) in [5.41, 5.74) is 4.41. The molecule has 2 fully saturated rings. The first-order valence-corrected chi connectivity index (χ1v) is 16.4. The van der Waals surface area contributed by atoms with E-state index in [1.54, 1.807) is 25.3 Å². The van der Waals surface area contributed by atoms with Crippen molar-refractivity contribution in [3.8, 4) is 11.5 Å². The number of allylic oxidation sites excluding steroid dienone is 1. The maximum Gasteiger partial charge on any atom is 0.264 e. The molecule has 3 heterocycles. The number of anilines is 1. The van der Waals surface area contributed by atoms with Crippen LogP contribution in [0.15, 0.2) is 112 Å². The highest BCUT2D eigenvalue weighted by Gasteiger charge is 2.56. The van der Waals surface area contributed by atoms with E-state index in [1.165, 1.54) is 9.91 Å². The van der Waals surface area contributed by atoms with Crippen molar-refractivity contribution < 1.29 is 23.9 Å². The standard InChI is InChI=1S/C38H34N6O5/c1-48-27-17-13-23(14-18-27)21-26-9-5-11-30-33(26)40-44(35(30)25-15-19-28(49-2)20-16-25)32(45)22-42-36-34(39-41-42)37(46)43(38(36)47)31-12-6-8-24-7-3-4-10-29(24)31/h3-4,6-8,10,12-21,30,34-36H,5,9,11,22H2,1-2H3/b26-21-/t30-,34+,35+,36+/m1/s1. The number of benzene rings is 4. The Morgan fingerprint density at radius 3 is 2.33 bits per heavy atom. The van der Waals surface area contributed by atoms with E-state index in [1.807, 2.05) is 84.9 Å². The predicted molar refractivity (Wildman–Crippen MR) is 184 cm³/mol. The van der Waals surface area contributed by atoms with Crippen LogP contribution in [-0.2, 0) is 14.4 Å². The minimum atomic E-state index is -1.02. The van der Waals surface area contributed by atoms with Crippen molar-refractivity contribution in [2.45, 2.75) is 37.4 Å². The average molecular weight is 655 g/mol. The molecular weight excluding hydrogens is 620 g/mol. The summed E-state index contributed by atoms with van der Waals surface area (Å²) < 4.78 is 10.7. The quantitative estimate of drug-likeness (QED) is 0.227. The lowest BCUT2D eigenvalue weighted by molar-refractivity contribution is -0.136. The van der Waals surface area contributed by atoms with Crippen LogP contribution >= 0.6 is 0 Å². The van der Waals surface area contributed by atoms with Crippen LogP contribution in [0.4, 0.5) is 5.69 Å². The summed E-state index contributed by atoms with van der Waals surface area (Å²) in [6.45, 7) is -0.263. The molecule has 0 radical (unpaired) electrons. The molecule has 0 aromatic heterocycles. The predicted octanol–water partition coefficient (Wildman–Crippen LogP) is 5.97. The fourth-order valence-corrected chi connectivity index (χ4v) is 7.45. The normalized spacial score (nSPS) is 23.7. The van der Waals surface area contributed by atoms with E-state index in [9.17, 15) is 14.4 Å². The zero-order valence-electron chi connectivity index (χ0n) is 27.1. The highest BCUT2D eigenvalue weighted by Crippen LogP contribution is 2.45. The minimum absolute atomic E-state index is 0.0277. The number of rotatable bonds is 7. The van der Waals surface area contributed by atoms with Gasteiger partial charge in [0, 0.05) is 11.3 Å². The number of methoxy groups -OCH3 is 2. The van der Waals surface area contributed by atoms with Crippen molar-refractivity contribution in [3.63, 3.8) is 0 Å². The van der Waals surface area contributed by atoms with Crippen molar-refractivity contribution >= 4 is 46.0 Å². The number of imide groups is 1. The molecule has 3 aliphatic heterocycles. The van der Waals surface area contributed by atoms with Gasteiger partial charge in [-0.3, -0.25) is 19.4 Å². The first kappa shape index (κ1) is 30.5. The van der Waals surface area contributed by atoms with E-state index in [0.717, 1.165) is 58.2 Å². The van der Waals surface area contributed by atoms with Gasteiger partial charge in [-0.15, -0.1) is 0 Å². The van der Waals surface area contributed by atoms with Gasteiger partial charge in [0.05, 0.1) is 31.7 Å². The zero-order chi connectivity index (χ0) is 33.6. The third-order valence-corrected chi connectivity index (χ3v) is 9.83. The number of fused-ring (bicyclic) bond motifs is 3. The molecular formula is C38H34N6O5. The number of ether oxygens (including phenoxy) is 2. The summed E-state index contributed by atoms with van der Waals surface area (Å²) in [6.07, 6.45) is 4.78. The van der Waals surface area contributed by atoms with Gasteiger partial charge in [-0.2, -0.15) is 10.2 Å². The number of nitrogens with zero attached hydrogens (tertiary/aromatic N) is 6. The Balaban J connectivity index is 1.10. The van der Waals surface area contributed by atoms with E-state index in [0.29, 0.717) is 11.4 Å². The van der Waals surface area contributed by atoms with Gasteiger partial charge in [-0.25, -0.2) is 9.91 Å². The molecule has 3 amide bonds. The van der Waals surface area contributed by atoms with E-state index in [4.69, 9.17) is 14.6 Å². The Labute approximate surface area is 283 Å². The fourth-order valence-electron chi connectivity index (χ4n) is 7.45. The van der Waals surface area contributed by atoms with Gasteiger partial charge < -0.3 is 9.47 Å². The number of hydrazone groups is 1. The topological polar surface area (TPSA) is 116 Å². The molecule has 11 nitrogen and oxygen atoms in total. The van der Waals surface area contributed by atoms with Crippen molar-refractivity contribution in [1.29, 1.82) is 0 Å². The lowest BCUT2D eigenvalue weighted by atomic mass is 9.77. The largest absolute Gasteiger partial charge is 0.497 e. The molecule has 1 saturated carbocycles. The summed E-state index contributed by atoms with van der Waals surface area (Å²) in [6, 6.07) is 26.3. The number of amides is 3. The van der Waals surface area contributed by atoms with Gasteiger partial charge in [0.1, 0.15) is 18.0 Å². The maximum absolute atomic E-state index is 14.3. The van der Waals surface area contributed by atoms with E-state index in [2.05, 4.69) is 16.4 Å². The highest BCUT2D eigenvalue weighted by molar-refractivity contribution is 6.27. The van der Waals surface area contributed by atoms with Crippen LogP contribution in [-0.4, -0.2) is 66.3 Å². The minimum Gasteiger partial charge on any atom is -0.497 e. The highest BCUT2D eigenvalue weighted by atomic mass is 16.5.